The highest BCUT2D eigenvalue weighted by Gasteiger charge is 2.37. The van der Waals surface area contributed by atoms with Crippen LogP contribution in [0.4, 0.5) is 0 Å². The monoisotopic (exact) mass is 279 g/mol. The second-order valence-electron chi connectivity index (χ2n) is 6.46. The molecule has 5 nitrogen and oxygen atoms in total. The van der Waals surface area contributed by atoms with Gasteiger partial charge in [0.1, 0.15) is 0 Å². The molecule has 1 aromatic heterocycles. The average Bonchev–Trinajstić information content (AvgIpc) is 3.12. The molecule has 3 rings (SSSR count). The average molecular weight is 279 g/mol. The molecule has 0 aromatic carbocycles. The number of hydrogen-bond donors (Lipinski definition) is 1. The molecule has 0 amide bonds. The van der Waals surface area contributed by atoms with E-state index in [1.807, 2.05) is 0 Å². The molecule has 0 radical (unpaired) electrons. The number of hydrogen-bond acceptors (Lipinski definition) is 5. The van der Waals surface area contributed by atoms with Crippen molar-refractivity contribution in [2.45, 2.75) is 57.4 Å². The fourth-order valence-electron chi connectivity index (χ4n) is 3.36. The molecular weight excluding hydrogens is 254 g/mol. The fourth-order valence-corrected chi connectivity index (χ4v) is 3.36. The van der Waals surface area contributed by atoms with E-state index in [1.54, 1.807) is 0 Å². The van der Waals surface area contributed by atoms with E-state index in [1.165, 1.54) is 19.3 Å². The third kappa shape index (κ3) is 2.88. The van der Waals surface area contributed by atoms with E-state index >= 15 is 0 Å². The van der Waals surface area contributed by atoms with Gasteiger partial charge in [0.25, 0.3) is 0 Å². The molecule has 1 aliphatic carbocycles. The molecule has 1 atom stereocenters. The first-order valence-corrected chi connectivity index (χ1v) is 7.89. The van der Waals surface area contributed by atoms with E-state index in [0.29, 0.717) is 11.8 Å². The first kappa shape index (κ1) is 14.0. The zero-order valence-corrected chi connectivity index (χ0v) is 12.3. The van der Waals surface area contributed by atoms with Gasteiger partial charge in [-0.3, -0.25) is 0 Å². The molecule has 1 saturated heterocycles. The van der Waals surface area contributed by atoms with Crippen molar-refractivity contribution in [3.63, 3.8) is 0 Å². The highest BCUT2D eigenvalue weighted by Crippen LogP contribution is 2.38. The fraction of sp³-hybridized carbons (Fsp3) is 0.867. The van der Waals surface area contributed by atoms with Crippen molar-refractivity contribution < 1.29 is 9.26 Å². The zero-order valence-electron chi connectivity index (χ0n) is 12.3. The maximum absolute atomic E-state index is 6.50. The van der Waals surface area contributed by atoms with Gasteiger partial charge in [0.05, 0.1) is 5.54 Å². The van der Waals surface area contributed by atoms with Crippen molar-refractivity contribution in [1.29, 1.82) is 0 Å². The van der Waals surface area contributed by atoms with E-state index < -0.39 is 5.54 Å². The minimum atomic E-state index is -0.400. The summed E-state index contributed by atoms with van der Waals surface area (Å²) in [6, 6.07) is 0. The molecule has 2 heterocycles. The van der Waals surface area contributed by atoms with Crippen molar-refractivity contribution >= 4 is 0 Å². The summed E-state index contributed by atoms with van der Waals surface area (Å²) in [4.78, 5) is 4.56. The Labute approximate surface area is 120 Å². The largest absolute Gasteiger partial charge is 0.381 e. The van der Waals surface area contributed by atoms with E-state index in [4.69, 9.17) is 15.0 Å². The number of ether oxygens (including phenoxy) is 1. The Hall–Kier alpha value is -0.940. The van der Waals surface area contributed by atoms with Gasteiger partial charge in [-0.1, -0.05) is 18.5 Å². The van der Waals surface area contributed by atoms with E-state index in [2.05, 4.69) is 17.1 Å². The van der Waals surface area contributed by atoms with E-state index in [0.717, 1.165) is 50.6 Å². The van der Waals surface area contributed by atoms with Gasteiger partial charge in [0.2, 0.25) is 5.89 Å². The molecule has 5 heteroatoms. The number of aromatic nitrogens is 2. The third-order valence-electron chi connectivity index (χ3n) is 4.96. The molecule has 0 spiro atoms. The molecule has 2 fully saturated rings. The van der Waals surface area contributed by atoms with Gasteiger partial charge in [-0.2, -0.15) is 4.98 Å². The summed E-state index contributed by atoms with van der Waals surface area (Å²) in [5.41, 5.74) is 6.10. The predicted molar refractivity (Wildman–Crippen MR) is 75.0 cm³/mol. The van der Waals surface area contributed by atoms with Crippen LogP contribution in [0, 0.1) is 11.8 Å². The standard InChI is InChI=1S/C15H25N3O2/c1-2-11-3-6-15(16,7-4-11)14-17-13(18-20-14)9-12-5-8-19-10-12/h11-12H,2-10,16H2,1H3. The Morgan fingerprint density at radius 3 is 2.70 bits per heavy atom. The van der Waals surface area contributed by atoms with Crippen LogP contribution in [0.3, 0.4) is 0 Å². The Balaban J connectivity index is 1.63. The summed E-state index contributed by atoms with van der Waals surface area (Å²) >= 11 is 0. The van der Waals surface area contributed by atoms with Gasteiger partial charge in [0.15, 0.2) is 5.82 Å². The van der Waals surface area contributed by atoms with Crippen LogP contribution in [0.5, 0.6) is 0 Å². The van der Waals surface area contributed by atoms with Gasteiger partial charge in [0, 0.05) is 19.6 Å². The van der Waals surface area contributed by atoms with Crippen LogP contribution in [0.1, 0.15) is 57.2 Å². The van der Waals surface area contributed by atoms with E-state index in [-0.39, 0.29) is 0 Å². The van der Waals surface area contributed by atoms with Crippen molar-refractivity contribution in [2.24, 2.45) is 17.6 Å². The van der Waals surface area contributed by atoms with Gasteiger partial charge in [-0.15, -0.1) is 0 Å². The van der Waals surface area contributed by atoms with Crippen LogP contribution < -0.4 is 5.73 Å². The summed E-state index contributed by atoms with van der Waals surface area (Å²) < 4.78 is 10.8. The van der Waals surface area contributed by atoms with Crippen LogP contribution in [-0.4, -0.2) is 23.4 Å². The van der Waals surface area contributed by atoms with Crippen LogP contribution in [0.25, 0.3) is 0 Å². The molecule has 1 aliphatic heterocycles. The normalized spacial score (nSPS) is 34.5. The second kappa shape index (κ2) is 5.82. The lowest BCUT2D eigenvalue weighted by Gasteiger charge is -2.33. The van der Waals surface area contributed by atoms with Crippen molar-refractivity contribution in [1.82, 2.24) is 10.1 Å². The maximum Gasteiger partial charge on any atom is 0.246 e. The molecule has 2 N–H and O–H groups in total. The maximum atomic E-state index is 6.50. The van der Waals surface area contributed by atoms with Gasteiger partial charge < -0.3 is 15.0 Å². The minimum Gasteiger partial charge on any atom is -0.381 e. The Bertz CT molecular complexity index is 432. The Morgan fingerprint density at radius 2 is 2.05 bits per heavy atom. The number of rotatable bonds is 4. The Kier molecular flexibility index (Phi) is 4.08. The number of nitrogens with zero attached hydrogens (tertiary/aromatic N) is 2. The summed E-state index contributed by atoms with van der Waals surface area (Å²) in [7, 11) is 0. The lowest BCUT2D eigenvalue weighted by molar-refractivity contribution is 0.181. The quantitative estimate of drug-likeness (QED) is 0.916. The zero-order chi connectivity index (χ0) is 14.0. The molecule has 20 heavy (non-hydrogen) atoms. The molecular formula is C15H25N3O2. The van der Waals surface area contributed by atoms with Gasteiger partial charge in [-0.25, -0.2) is 0 Å². The van der Waals surface area contributed by atoms with Crippen LogP contribution in [0.2, 0.25) is 0 Å². The highest BCUT2D eigenvalue weighted by molar-refractivity contribution is 5.04. The molecule has 1 unspecified atom stereocenters. The first-order chi connectivity index (χ1) is 9.69. The molecule has 1 aromatic rings. The lowest BCUT2D eigenvalue weighted by atomic mass is 9.76. The van der Waals surface area contributed by atoms with Crippen molar-refractivity contribution in [2.75, 3.05) is 13.2 Å². The molecule has 0 bridgehead atoms. The predicted octanol–water partition coefficient (Wildman–Crippen LogP) is 2.40. The first-order valence-electron chi connectivity index (χ1n) is 7.89. The smallest absolute Gasteiger partial charge is 0.246 e. The van der Waals surface area contributed by atoms with Crippen LogP contribution in [-0.2, 0) is 16.7 Å². The van der Waals surface area contributed by atoms with Crippen LogP contribution in [0.15, 0.2) is 4.52 Å². The lowest BCUT2D eigenvalue weighted by Crippen LogP contribution is -2.40. The molecule has 112 valence electrons. The SMILES string of the molecule is CCC1CCC(N)(c2nc(CC3CCOC3)no2)CC1. The van der Waals surface area contributed by atoms with Crippen molar-refractivity contribution in [3.05, 3.63) is 11.7 Å². The number of nitrogens with two attached hydrogens (primary N) is 1. The minimum absolute atomic E-state index is 0.400. The van der Waals surface area contributed by atoms with Gasteiger partial charge >= 0.3 is 0 Å². The highest BCUT2D eigenvalue weighted by atomic mass is 16.5. The van der Waals surface area contributed by atoms with Crippen LogP contribution >= 0.6 is 0 Å². The summed E-state index contributed by atoms with van der Waals surface area (Å²) in [5.74, 6) is 2.77. The summed E-state index contributed by atoms with van der Waals surface area (Å²) in [6.07, 6.45) is 7.43. The topological polar surface area (TPSA) is 74.2 Å². The molecule has 2 aliphatic rings. The van der Waals surface area contributed by atoms with Gasteiger partial charge in [-0.05, 0) is 43.9 Å². The molecule has 1 saturated carbocycles. The van der Waals surface area contributed by atoms with Crippen molar-refractivity contribution in [3.8, 4) is 0 Å². The third-order valence-corrected chi connectivity index (χ3v) is 4.96. The second-order valence-corrected chi connectivity index (χ2v) is 6.46. The van der Waals surface area contributed by atoms with E-state index in [9.17, 15) is 0 Å². The summed E-state index contributed by atoms with van der Waals surface area (Å²) in [5, 5.41) is 4.12. The Morgan fingerprint density at radius 1 is 1.25 bits per heavy atom. The summed E-state index contributed by atoms with van der Waals surface area (Å²) in [6.45, 7) is 3.92.